The Bertz CT molecular complexity index is 1170. The predicted molar refractivity (Wildman–Crippen MR) is 110 cm³/mol. The number of carbonyl (C=O) groups excluding carboxylic acids is 1. The van der Waals surface area contributed by atoms with Gasteiger partial charge in [0.1, 0.15) is 17.4 Å². The minimum absolute atomic E-state index is 0.194. The Morgan fingerprint density at radius 2 is 1.96 bits per heavy atom. The monoisotopic (exact) mass is 411 g/mol. The van der Waals surface area contributed by atoms with Crippen LogP contribution in [-0.2, 0) is 4.79 Å². The first-order valence-corrected chi connectivity index (χ1v) is 9.72. The van der Waals surface area contributed by atoms with Crippen LogP contribution in [0.2, 0.25) is 0 Å². The van der Waals surface area contributed by atoms with E-state index >= 15 is 0 Å². The van der Waals surface area contributed by atoms with Crippen LogP contribution in [0.25, 0.3) is 27.8 Å². The average molecular weight is 412 g/mol. The van der Waals surface area contributed by atoms with Crippen molar-refractivity contribution in [2.75, 3.05) is 11.2 Å². The highest BCUT2D eigenvalue weighted by molar-refractivity contribution is 7.13. The normalized spacial score (nSPS) is 10.8. The summed E-state index contributed by atoms with van der Waals surface area (Å²) in [6, 6.07) is 16.3. The fourth-order valence-corrected chi connectivity index (χ4v) is 3.40. The third kappa shape index (κ3) is 3.73. The third-order valence-electron chi connectivity index (χ3n) is 3.87. The number of thiophene rings is 1. The van der Waals surface area contributed by atoms with E-state index in [1.165, 1.54) is 22.1 Å². The maximum Gasteiger partial charge on any atom is 0.252 e. The molecule has 0 saturated heterocycles. The SMILES string of the molecule is O=C(CCl)Nc1cc(-c2cccs2)nn1-c1nc(-c2ccccc2)cc(=O)[nH]1. The molecule has 0 spiro atoms. The van der Waals surface area contributed by atoms with Gasteiger partial charge in [0.05, 0.1) is 10.6 Å². The largest absolute Gasteiger partial charge is 0.309 e. The highest BCUT2D eigenvalue weighted by Gasteiger charge is 2.16. The Morgan fingerprint density at radius 1 is 1.14 bits per heavy atom. The zero-order valence-corrected chi connectivity index (χ0v) is 16.0. The van der Waals surface area contributed by atoms with Gasteiger partial charge in [-0.1, -0.05) is 36.4 Å². The number of H-pyrrole nitrogens is 1. The fraction of sp³-hybridized carbons (Fsp3) is 0.0526. The number of alkyl halides is 1. The number of benzene rings is 1. The number of hydrogen-bond acceptors (Lipinski definition) is 5. The van der Waals surface area contributed by atoms with Crippen LogP contribution in [0.15, 0.2) is 64.8 Å². The molecular weight excluding hydrogens is 398 g/mol. The number of amides is 1. The maximum absolute atomic E-state index is 12.2. The van der Waals surface area contributed by atoms with E-state index in [0.717, 1.165) is 10.4 Å². The Balaban J connectivity index is 1.85. The molecule has 0 radical (unpaired) electrons. The minimum Gasteiger partial charge on any atom is -0.309 e. The van der Waals surface area contributed by atoms with Crippen LogP contribution in [0.3, 0.4) is 0 Å². The second-order valence-corrected chi connectivity index (χ2v) is 7.02. The summed E-state index contributed by atoms with van der Waals surface area (Å²) in [5, 5.41) is 9.15. The second kappa shape index (κ2) is 7.79. The molecule has 0 atom stereocenters. The molecule has 28 heavy (non-hydrogen) atoms. The number of aromatic nitrogens is 4. The van der Waals surface area contributed by atoms with Crippen molar-refractivity contribution < 1.29 is 4.79 Å². The topological polar surface area (TPSA) is 92.7 Å². The molecule has 3 heterocycles. The van der Waals surface area contributed by atoms with Crippen LogP contribution in [0.5, 0.6) is 0 Å². The molecule has 0 bridgehead atoms. The summed E-state index contributed by atoms with van der Waals surface area (Å²) in [4.78, 5) is 32.2. The van der Waals surface area contributed by atoms with E-state index in [1.54, 1.807) is 6.07 Å². The van der Waals surface area contributed by atoms with Crippen molar-refractivity contribution in [2.24, 2.45) is 0 Å². The minimum atomic E-state index is -0.387. The van der Waals surface area contributed by atoms with Crippen molar-refractivity contribution in [3.05, 3.63) is 70.3 Å². The summed E-state index contributed by atoms with van der Waals surface area (Å²) in [5.74, 6) is -0.0309. The summed E-state index contributed by atoms with van der Waals surface area (Å²) in [6.45, 7) is 0. The lowest BCUT2D eigenvalue weighted by molar-refractivity contribution is -0.114. The lowest BCUT2D eigenvalue weighted by Gasteiger charge is -2.08. The van der Waals surface area contributed by atoms with E-state index in [2.05, 4.69) is 20.4 Å². The highest BCUT2D eigenvalue weighted by Crippen LogP contribution is 2.27. The predicted octanol–water partition coefficient (Wildman–Crippen LogP) is 3.53. The highest BCUT2D eigenvalue weighted by atomic mass is 35.5. The Labute approximate surface area is 168 Å². The third-order valence-corrected chi connectivity index (χ3v) is 5.01. The number of rotatable bonds is 5. The van der Waals surface area contributed by atoms with Crippen LogP contribution < -0.4 is 10.9 Å². The molecule has 0 fully saturated rings. The number of halogens is 1. The molecule has 9 heteroatoms. The van der Waals surface area contributed by atoms with Gasteiger partial charge in [-0.05, 0) is 11.4 Å². The van der Waals surface area contributed by atoms with E-state index in [4.69, 9.17) is 11.6 Å². The van der Waals surface area contributed by atoms with Gasteiger partial charge in [-0.2, -0.15) is 9.78 Å². The quantitative estimate of drug-likeness (QED) is 0.491. The number of carbonyl (C=O) groups is 1. The molecule has 0 aliphatic rings. The van der Waals surface area contributed by atoms with Gasteiger partial charge in [-0.3, -0.25) is 14.6 Å². The molecule has 3 aromatic heterocycles. The van der Waals surface area contributed by atoms with Gasteiger partial charge >= 0.3 is 0 Å². The first-order valence-electron chi connectivity index (χ1n) is 8.31. The van der Waals surface area contributed by atoms with Gasteiger partial charge in [0, 0.05) is 17.7 Å². The number of nitrogens with one attached hydrogen (secondary N) is 2. The zero-order valence-electron chi connectivity index (χ0n) is 14.4. The van der Waals surface area contributed by atoms with Crippen LogP contribution in [0, 0.1) is 0 Å². The molecule has 4 aromatic rings. The summed E-state index contributed by atoms with van der Waals surface area (Å²) in [6.07, 6.45) is 0. The summed E-state index contributed by atoms with van der Waals surface area (Å²) >= 11 is 7.14. The van der Waals surface area contributed by atoms with Crippen LogP contribution in [0.1, 0.15) is 0 Å². The Morgan fingerprint density at radius 3 is 2.68 bits per heavy atom. The molecule has 0 aliphatic heterocycles. The van der Waals surface area contributed by atoms with Crippen molar-refractivity contribution in [1.82, 2.24) is 19.7 Å². The van der Waals surface area contributed by atoms with Gasteiger partial charge in [0.2, 0.25) is 11.9 Å². The molecule has 140 valence electrons. The fourth-order valence-electron chi connectivity index (χ4n) is 2.65. The molecule has 1 aromatic carbocycles. The first kappa shape index (κ1) is 18.1. The van der Waals surface area contributed by atoms with E-state index < -0.39 is 0 Å². The summed E-state index contributed by atoms with van der Waals surface area (Å²) < 4.78 is 1.40. The van der Waals surface area contributed by atoms with Gasteiger partial charge < -0.3 is 5.32 Å². The van der Waals surface area contributed by atoms with Crippen molar-refractivity contribution in [1.29, 1.82) is 0 Å². The van der Waals surface area contributed by atoms with E-state index in [9.17, 15) is 9.59 Å². The number of aromatic amines is 1. The van der Waals surface area contributed by atoms with E-state index in [-0.39, 0.29) is 23.3 Å². The van der Waals surface area contributed by atoms with Gasteiger partial charge in [0.15, 0.2) is 0 Å². The lowest BCUT2D eigenvalue weighted by Crippen LogP contribution is -2.19. The van der Waals surface area contributed by atoms with Crippen molar-refractivity contribution in [3.63, 3.8) is 0 Å². The summed E-state index contributed by atoms with van der Waals surface area (Å²) in [7, 11) is 0. The maximum atomic E-state index is 12.2. The van der Waals surface area contributed by atoms with Crippen LogP contribution in [0.4, 0.5) is 5.82 Å². The van der Waals surface area contributed by atoms with Crippen LogP contribution in [-0.4, -0.2) is 31.5 Å². The van der Waals surface area contributed by atoms with Gasteiger partial charge in [0.25, 0.3) is 5.56 Å². The molecule has 0 aliphatic carbocycles. The Kier molecular flexibility index (Phi) is 5.05. The zero-order chi connectivity index (χ0) is 19.5. The van der Waals surface area contributed by atoms with Crippen LogP contribution >= 0.6 is 22.9 Å². The van der Waals surface area contributed by atoms with E-state index in [1.807, 2.05) is 47.8 Å². The summed E-state index contributed by atoms with van der Waals surface area (Å²) in [5.41, 5.74) is 1.62. The molecule has 7 nitrogen and oxygen atoms in total. The van der Waals surface area contributed by atoms with Crippen molar-refractivity contribution >= 4 is 34.7 Å². The molecule has 0 saturated carbocycles. The average Bonchev–Trinajstić information content (AvgIpc) is 3.38. The molecule has 4 rings (SSSR count). The number of anilines is 1. The van der Waals surface area contributed by atoms with Gasteiger partial charge in [-0.25, -0.2) is 4.98 Å². The Hall–Kier alpha value is -3.23. The van der Waals surface area contributed by atoms with Crippen molar-refractivity contribution in [2.45, 2.75) is 0 Å². The van der Waals surface area contributed by atoms with Crippen molar-refractivity contribution in [3.8, 4) is 27.8 Å². The van der Waals surface area contributed by atoms with Gasteiger partial charge in [-0.15, -0.1) is 22.9 Å². The standard InChI is InChI=1S/C19H14ClN5O2S/c20-11-18(27)22-16-9-14(15-7-4-8-28-15)24-25(16)19-21-13(10-17(26)23-19)12-5-2-1-3-6-12/h1-10H,11H2,(H,22,27)(H,21,23,26). The first-order chi connectivity index (χ1) is 13.6. The number of hydrogen-bond donors (Lipinski definition) is 2. The van der Waals surface area contributed by atoms with E-state index in [0.29, 0.717) is 17.2 Å². The number of nitrogens with zero attached hydrogens (tertiary/aromatic N) is 3. The molecule has 0 unspecified atom stereocenters. The smallest absolute Gasteiger partial charge is 0.252 e. The molecular formula is C19H14ClN5O2S. The lowest BCUT2D eigenvalue weighted by atomic mass is 10.1. The molecule has 1 amide bonds. The second-order valence-electron chi connectivity index (χ2n) is 5.81. The molecule has 2 N–H and O–H groups in total.